The van der Waals surface area contributed by atoms with Crippen LogP contribution >= 0.6 is 0 Å². The number of nitrogens with one attached hydrogen (secondary N) is 1. The maximum Gasteiger partial charge on any atom is 0.228 e. The summed E-state index contributed by atoms with van der Waals surface area (Å²) in [6.07, 6.45) is 4.17. The molecule has 0 amide bonds. The zero-order valence-electron chi connectivity index (χ0n) is 10.1. The van der Waals surface area contributed by atoms with E-state index in [0.717, 1.165) is 18.5 Å². The van der Waals surface area contributed by atoms with Gasteiger partial charge in [0, 0.05) is 37.0 Å². The number of aromatic nitrogens is 3. The van der Waals surface area contributed by atoms with E-state index < -0.39 is 0 Å². The highest BCUT2D eigenvalue weighted by Gasteiger charge is 2.07. The second kappa shape index (κ2) is 5.54. The number of pyridine rings is 1. The second-order valence-electron chi connectivity index (χ2n) is 4.11. The van der Waals surface area contributed by atoms with Crippen LogP contribution < -0.4 is 5.32 Å². The number of nitrogens with zero attached hydrogens (tertiary/aromatic N) is 3. The Kier molecular flexibility index (Phi) is 3.82. The summed E-state index contributed by atoms with van der Waals surface area (Å²) in [5.74, 6) is 1.27. The predicted molar refractivity (Wildman–Crippen MR) is 64.4 cm³/mol. The van der Waals surface area contributed by atoms with Crippen molar-refractivity contribution in [1.82, 2.24) is 20.4 Å². The molecule has 2 aromatic rings. The molecule has 90 valence electrons. The van der Waals surface area contributed by atoms with Gasteiger partial charge in [-0.15, -0.1) is 0 Å². The first-order chi connectivity index (χ1) is 8.25. The molecule has 5 nitrogen and oxygen atoms in total. The van der Waals surface area contributed by atoms with E-state index >= 15 is 0 Å². The molecule has 0 aromatic carbocycles. The van der Waals surface area contributed by atoms with Crippen molar-refractivity contribution < 1.29 is 4.52 Å². The van der Waals surface area contributed by atoms with Crippen LogP contribution in [0.5, 0.6) is 0 Å². The lowest BCUT2D eigenvalue weighted by Crippen LogP contribution is -2.25. The maximum absolute atomic E-state index is 5.18. The molecule has 2 heterocycles. The van der Waals surface area contributed by atoms with E-state index in [2.05, 4.69) is 34.3 Å². The predicted octanol–water partition coefficient (Wildman–Crippen LogP) is 1.67. The van der Waals surface area contributed by atoms with E-state index in [1.165, 1.54) is 0 Å². The van der Waals surface area contributed by atoms with Crippen LogP contribution in [0, 0.1) is 0 Å². The Balaban J connectivity index is 1.97. The lowest BCUT2D eigenvalue weighted by Gasteiger charge is -2.04. The molecule has 2 rings (SSSR count). The highest BCUT2D eigenvalue weighted by molar-refractivity contribution is 5.52. The molecule has 17 heavy (non-hydrogen) atoms. The molecule has 0 radical (unpaired) electrons. The molecule has 0 saturated heterocycles. The zero-order chi connectivity index (χ0) is 12.1. The molecule has 0 unspecified atom stereocenters. The van der Waals surface area contributed by atoms with E-state index in [-0.39, 0.29) is 0 Å². The topological polar surface area (TPSA) is 63.8 Å². The second-order valence-corrected chi connectivity index (χ2v) is 4.11. The average molecular weight is 232 g/mol. The molecular formula is C12H16N4O. The van der Waals surface area contributed by atoms with Gasteiger partial charge in [0.2, 0.25) is 11.7 Å². The lowest BCUT2D eigenvalue weighted by molar-refractivity contribution is 0.374. The monoisotopic (exact) mass is 232 g/mol. The maximum atomic E-state index is 5.18. The Morgan fingerprint density at radius 1 is 1.29 bits per heavy atom. The molecule has 0 spiro atoms. The van der Waals surface area contributed by atoms with Crippen LogP contribution in [0.4, 0.5) is 0 Å². The van der Waals surface area contributed by atoms with Gasteiger partial charge in [0.25, 0.3) is 0 Å². The largest absolute Gasteiger partial charge is 0.339 e. The number of rotatable bonds is 5. The van der Waals surface area contributed by atoms with Crippen molar-refractivity contribution in [3.05, 3.63) is 30.4 Å². The standard InChI is InChI=1S/C12H16N4O/c1-9(2)14-8-5-11-15-12(16-17-11)10-3-6-13-7-4-10/h3-4,6-7,9,14H,5,8H2,1-2H3. The first kappa shape index (κ1) is 11.7. The third kappa shape index (κ3) is 3.35. The van der Waals surface area contributed by atoms with Gasteiger partial charge in [0.1, 0.15) is 0 Å². The minimum atomic E-state index is 0.470. The van der Waals surface area contributed by atoms with Crippen LogP contribution in [-0.4, -0.2) is 27.7 Å². The molecule has 0 aliphatic carbocycles. The van der Waals surface area contributed by atoms with Gasteiger partial charge in [-0.25, -0.2) is 0 Å². The highest BCUT2D eigenvalue weighted by Crippen LogP contribution is 2.13. The van der Waals surface area contributed by atoms with Gasteiger partial charge in [0.05, 0.1) is 0 Å². The van der Waals surface area contributed by atoms with Crippen molar-refractivity contribution in [2.24, 2.45) is 0 Å². The van der Waals surface area contributed by atoms with Gasteiger partial charge in [-0.3, -0.25) is 4.98 Å². The summed E-state index contributed by atoms with van der Waals surface area (Å²) in [5.41, 5.74) is 0.923. The Morgan fingerprint density at radius 3 is 2.76 bits per heavy atom. The molecule has 0 aliphatic heterocycles. The summed E-state index contributed by atoms with van der Waals surface area (Å²) in [7, 11) is 0. The summed E-state index contributed by atoms with van der Waals surface area (Å²) in [5, 5.41) is 7.25. The number of hydrogen-bond acceptors (Lipinski definition) is 5. The minimum Gasteiger partial charge on any atom is -0.339 e. The van der Waals surface area contributed by atoms with Gasteiger partial charge < -0.3 is 9.84 Å². The highest BCUT2D eigenvalue weighted by atomic mass is 16.5. The third-order valence-corrected chi connectivity index (χ3v) is 2.30. The average Bonchev–Trinajstić information content (AvgIpc) is 2.78. The van der Waals surface area contributed by atoms with E-state index in [0.29, 0.717) is 17.8 Å². The van der Waals surface area contributed by atoms with E-state index in [1.807, 2.05) is 12.1 Å². The van der Waals surface area contributed by atoms with Crippen molar-refractivity contribution in [3.8, 4) is 11.4 Å². The summed E-state index contributed by atoms with van der Waals surface area (Å²) >= 11 is 0. The third-order valence-electron chi connectivity index (χ3n) is 2.30. The van der Waals surface area contributed by atoms with Crippen LogP contribution in [0.3, 0.4) is 0 Å². The molecule has 1 N–H and O–H groups in total. The fourth-order valence-electron chi connectivity index (χ4n) is 1.44. The molecule has 2 aromatic heterocycles. The summed E-state index contributed by atoms with van der Waals surface area (Å²) < 4.78 is 5.18. The summed E-state index contributed by atoms with van der Waals surface area (Å²) in [4.78, 5) is 8.28. The molecule has 0 saturated carbocycles. The quantitative estimate of drug-likeness (QED) is 0.849. The molecular weight excluding hydrogens is 216 g/mol. The first-order valence-electron chi connectivity index (χ1n) is 5.72. The van der Waals surface area contributed by atoms with Crippen molar-refractivity contribution in [1.29, 1.82) is 0 Å². The van der Waals surface area contributed by atoms with Gasteiger partial charge in [-0.2, -0.15) is 4.98 Å². The molecule has 0 aliphatic rings. The van der Waals surface area contributed by atoms with Crippen molar-refractivity contribution in [3.63, 3.8) is 0 Å². The van der Waals surface area contributed by atoms with Crippen LogP contribution in [-0.2, 0) is 6.42 Å². The summed E-state index contributed by atoms with van der Waals surface area (Å²) in [6.45, 7) is 5.06. The van der Waals surface area contributed by atoms with Gasteiger partial charge in [0.15, 0.2) is 0 Å². The Bertz CT molecular complexity index is 453. The van der Waals surface area contributed by atoms with Gasteiger partial charge in [-0.1, -0.05) is 19.0 Å². The first-order valence-corrected chi connectivity index (χ1v) is 5.72. The van der Waals surface area contributed by atoms with Crippen LogP contribution in [0.2, 0.25) is 0 Å². The molecule has 5 heteroatoms. The normalized spacial score (nSPS) is 11.0. The molecule has 0 atom stereocenters. The van der Waals surface area contributed by atoms with Crippen molar-refractivity contribution >= 4 is 0 Å². The Labute approximate surface area is 100 Å². The summed E-state index contributed by atoms with van der Waals surface area (Å²) in [6, 6.07) is 4.19. The van der Waals surface area contributed by atoms with E-state index in [1.54, 1.807) is 12.4 Å². The van der Waals surface area contributed by atoms with Crippen molar-refractivity contribution in [2.45, 2.75) is 26.3 Å². The smallest absolute Gasteiger partial charge is 0.228 e. The minimum absolute atomic E-state index is 0.470. The fraction of sp³-hybridized carbons (Fsp3) is 0.417. The lowest BCUT2D eigenvalue weighted by atomic mass is 10.2. The van der Waals surface area contributed by atoms with Gasteiger partial charge >= 0.3 is 0 Å². The SMILES string of the molecule is CC(C)NCCc1nc(-c2ccncc2)no1. The van der Waals surface area contributed by atoms with Crippen LogP contribution in [0.15, 0.2) is 29.0 Å². The fourth-order valence-corrected chi connectivity index (χ4v) is 1.44. The van der Waals surface area contributed by atoms with Crippen LogP contribution in [0.25, 0.3) is 11.4 Å². The van der Waals surface area contributed by atoms with Gasteiger partial charge in [-0.05, 0) is 12.1 Å². The van der Waals surface area contributed by atoms with Crippen molar-refractivity contribution in [2.75, 3.05) is 6.54 Å². The zero-order valence-corrected chi connectivity index (χ0v) is 10.1. The molecule has 0 bridgehead atoms. The molecule has 0 fully saturated rings. The van der Waals surface area contributed by atoms with E-state index in [9.17, 15) is 0 Å². The number of hydrogen-bond donors (Lipinski definition) is 1. The van der Waals surface area contributed by atoms with Crippen LogP contribution in [0.1, 0.15) is 19.7 Å². The Morgan fingerprint density at radius 2 is 2.06 bits per heavy atom. The Hall–Kier alpha value is -1.75. The van der Waals surface area contributed by atoms with E-state index in [4.69, 9.17) is 4.52 Å².